The molecule has 0 aliphatic rings. The van der Waals surface area contributed by atoms with Crippen LogP contribution in [0.2, 0.25) is 5.02 Å². The minimum Gasteiger partial charge on any atom is -0.480 e. The first-order chi connectivity index (χ1) is 9.22. The lowest BCUT2D eigenvalue weighted by Gasteiger charge is -2.18. The minimum absolute atomic E-state index is 0.396. The van der Waals surface area contributed by atoms with E-state index in [0.29, 0.717) is 15.2 Å². The van der Waals surface area contributed by atoms with Gasteiger partial charge in [-0.15, -0.1) is 0 Å². The summed E-state index contributed by atoms with van der Waals surface area (Å²) < 4.78 is 0.610. The van der Waals surface area contributed by atoms with Crippen LogP contribution in [0.1, 0.15) is 12.5 Å². The van der Waals surface area contributed by atoms with Crippen LogP contribution in [0.5, 0.6) is 0 Å². The van der Waals surface area contributed by atoms with Gasteiger partial charge in [0.25, 0.3) is 0 Å². The minimum atomic E-state index is -1.39. The van der Waals surface area contributed by atoms with Gasteiger partial charge in [0, 0.05) is 9.50 Å². The molecule has 1 rings (SSSR count). The number of carbonyl (C=O) groups is 2. The van der Waals surface area contributed by atoms with Gasteiger partial charge in [0.1, 0.15) is 0 Å². The number of rotatable bonds is 4. The number of hydrogen-bond donors (Lipinski definition) is 4. The van der Waals surface area contributed by atoms with Gasteiger partial charge in [-0.1, -0.05) is 11.6 Å². The Kier molecular flexibility index (Phi) is 5.79. The quantitative estimate of drug-likeness (QED) is 0.658. The lowest BCUT2D eigenvalue weighted by atomic mass is 10.2. The normalized spacial score (nSPS) is 13.4. The molecule has 1 aromatic carbocycles. The number of anilines is 1. The topological polar surface area (TPSA) is 98.7 Å². The first kappa shape index (κ1) is 16.7. The third kappa shape index (κ3) is 4.36. The Labute approximate surface area is 129 Å². The average Bonchev–Trinajstić information content (AvgIpc) is 2.32. The van der Waals surface area contributed by atoms with Gasteiger partial charge in [-0.2, -0.15) is 0 Å². The molecule has 2 amide bonds. The highest BCUT2D eigenvalue weighted by atomic mass is 79.9. The number of aliphatic hydroxyl groups excluding tert-OH is 1. The number of aliphatic hydroxyl groups is 1. The molecular formula is C12H14BrClN2O4. The van der Waals surface area contributed by atoms with Crippen molar-refractivity contribution in [2.24, 2.45) is 0 Å². The Hall–Kier alpha value is -1.31. The molecule has 8 heteroatoms. The van der Waals surface area contributed by atoms with Crippen LogP contribution in [-0.4, -0.2) is 34.4 Å². The summed E-state index contributed by atoms with van der Waals surface area (Å²) in [5, 5.41) is 23.2. The Balaban J connectivity index is 2.81. The molecule has 6 nitrogen and oxygen atoms in total. The second-order valence-electron chi connectivity index (χ2n) is 4.24. The maximum atomic E-state index is 11.7. The molecule has 0 fully saturated rings. The molecule has 0 radical (unpaired) electrons. The predicted octanol–water partition coefficient (Wildman–Crippen LogP) is 2.37. The van der Waals surface area contributed by atoms with E-state index in [9.17, 15) is 14.7 Å². The summed E-state index contributed by atoms with van der Waals surface area (Å²) in [5.41, 5.74) is 1.23. The monoisotopic (exact) mass is 364 g/mol. The van der Waals surface area contributed by atoms with E-state index in [2.05, 4.69) is 26.6 Å². The molecule has 110 valence electrons. The number of amides is 2. The maximum absolute atomic E-state index is 11.7. The molecule has 2 atom stereocenters. The summed E-state index contributed by atoms with van der Waals surface area (Å²) in [6.07, 6.45) is -1.22. The average molecular weight is 366 g/mol. The van der Waals surface area contributed by atoms with Crippen molar-refractivity contribution in [2.45, 2.75) is 26.0 Å². The fraction of sp³-hybridized carbons (Fsp3) is 0.333. The van der Waals surface area contributed by atoms with Crippen molar-refractivity contribution in [3.63, 3.8) is 0 Å². The van der Waals surface area contributed by atoms with Crippen molar-refractivity contribution in [1.29, 1.82) is 0 Å². The number of nitrogens with one attached hydrogen (secondary N) is 2. The Bertz CT molecular complexity index is 536. The van der Waals surface area contributed by atoms with E-state index < -0.39 is 24.1 Å². The number of aliphatic carboxylic acids is 1. The summed E-state index contributed by atoms with van der Waals surface area (Å²) >= 11 is 9.22. The second kappa shape index (κ2) is 6.92. The number of halogens is 2. The highest BCUT2D eigenvalue weighted by Gasteiger charge is 2.25. The van der Waals surface area contributed by atoms with Gasteiger partial charge >= 0.3 is 12.0 Å². The molecule has 0 spiro atoms. The van der Waals surface area contributed by atoms with E-state index >= 15 is 0 Å². The van der Waals surface area contributed by atoms with Crippen molar-refractivity contribution in [1.82, 2.24) is 5.32 Å². The van der Waals surface area contributed by atoms with Crippen molar-refractivity contribution in [3.05, 3.63) is 27.2 Å². The van der Waals surface area contributed by atoms with E-state index in [0.717, 1.165) is 5.56 Å². The van der Waals surface area contributed by atoms with Crippen LogP contribution in [0, 0.1) is 6.92 Å². The molecule has 0 saturated carbocycles. The van der Waals surface area contributed by atoms with Crippen LogP contribution >= 0.6 is 27.5 Å². The largest absolute Gasteiger partial charge is 0.480 e. The van der Waals surface area contributed by atoms with Gasteiger partial charge in [0.2, 0.25) is 0 Å². The lowest BCUT2D eigenvalue weighted by molar-refractivity contribution is -0.141. The van der Waals surface area contributed by atoms with E-state index in [1.54, 1.807) is 12.1 Å². The zero-order valence-corrected chi connectivity index (χ0v) is 13.1. The summed E-state index contributed by atoms with van der Waals surface area (Å²) in [6.45, 7) is 3.09. The van der Waals surface area contributed by atoms with Gasteiger partial charge in [-0.05, 0) is 47.5 Å². The Morgan fingerprint density at radius 3 is 2.50 bits per heavy atom. The second-order valence-corrected chi connectivity index (χ2v) is 5.50. The van der Waals surface area contributed by atoms with Crippen LogP contribution in [0.15, 0.2) is 16.6 Å². The van der Waals surface area contributed by atoms with E-state index in [4.69, 9.17) is 16.7 Å². The van der Waals surface area contributed by atoms with Gasteiger partial charge in [-0.25, -0.2) is 9.59 Å². The van der Waals surface area contributed by atoms with Crippen LogP contribution in [0.3, 0.4) is 0 Å². The molecule has 2 unspecified atom stereocenters. The van der Waals surface area contributed by atoms with E-state index in [1.807, 2.05) is 6.92 Å². The number of carboxylic acids is 1. The van der Waals surface area contributed by atoms with Gasteiger partial charge in [0.05, 0.1) is 11.8 Å². The van der Waals surface area contributed by atoms with Gasteiger partial charge < -0.3 is 20.8 Å². The molecule has 0 bridgehead atoms. The fourth-order valence-corrected chi connectivity index (χ4v) is 2.15. The smallest absolute Gasteiger partial charge is 0.328 e. The Morgan fingerprint density at radius 2 is 2.00 bits per heavy atom. The van der Waals surface area contributed by atoms with Crippen LogP contribution in [0.25, 0.3) is 0 Å². The van der Waals surface area contributed by atoms with Gasteiger partial charge in [-0.3, -0.25) is 0 Å². The molecule has 4 N–H and O–H groups in total. The number of carboxylic acid groups (broad SMARTS) is 1. The third-order valence-electron chi connectivity index (χ3n) is 2.53. The summed E-state index contributed by atoms with van der Waals surface area (Å²) in [6, 6.07) is 1.12. The Morgan fingerprint density at radius 1 is 1.40 bits per heavy atom. The van der Waals surface area contributed by atoms with Crippen molar-refractivity contribution in [3.8, 4) is 0 Å². The predicted molar refractivity (Wildman–Crippen MR) is 79.1 cm³/mol. The number of aryl methyl sites for hydroxylation is 1. The number of carbonyl (C=O) groups excluding carboxylic acids is 1. The van der Waals surface area contributed by atoms with Crippen molar-refractivity contribution >= 4 is 45.2 Å². The number of urea groups is 1. The van der Waals surface area contributed by atoms with Crippen molar-refractivity contribution in [2.75, 3.05) is 5.32 Å². The first-order valence-electron chi connectivity index (χ1n) is 5.66. The zero-order chi connectivity index (χ0) is 15.4. The zero-order valence-electron chi connectivity index (χ0n) is 10.8. The van der Waals surface area contributed by atoms with Crippen LogP contribution in [0.4, 0.5) is 10.5 Å². The molecule has 0 saturated heterocycles. The standard InChI is InChI=1S/C12H14BrClN2O4/c1-5-3-7(13)9(4-8(5)14)15-12(20)16-10(6(2)17)11(18)19/h3-4,6,10,17H,1-2H3,(H,18,19)(H2,15,16,20). The molecule has 0 aliphatic carbocycles. The number of benzene rings is 1. The summed E-state index contributed by atoms with van der Waals surface area (Å²) in [5.74, 6) is -1.32. The molecule has 0 aliphatic heterocycles. The van der Waals surface area contributed by atoms with Crippen molar-refractivity contribution < 1.29 is 19.8 Å². The highest BCUT2D eigenvalue weighted by Crippen LogP contribution is 2.29. The fourth-order valence-electron chi connectivity index (χ4n) is 1.43. The van der Waals surface area contributed by atoms with E-state index in [-0.39, 0.29) is 0 Å². The maximum Gasteiger partial charge on any atom is 0.328 e. The lowest BCUT2D eigenvalue weighted by Crippen LogP contribution is -2.49. The molecule has 20 heavy (non-hydrogen) atoms. The SMILES string of the molecule is Cc1cc(Br)c(NC(=O)NC(C(=O)O)C(C)O)cc1Cl. The number of hydrogen-bond acceptors (Lipinski definition) is 3. The summed E-state index contributed by atoms with van der Waals surface area (Å²) in [4.78, 5) is 22.6. The first-order valence-corrected chi connectivity index (χ1v) is 6.83. The highest BCUT2D eigenvalue weighted by molar-refractivity contribution is 9.10. The third-order valence-corrected chi connectivity index (χ3v) is 3.59. The van der Waals surface area contributed by atoms with Crippen LogP contribution in [-0.2, 0) is 4.79 Å². The molecular weight excluding hydrogens is 351 g/mol. The van der Waals surface area contributed by atoms with Gasteiger partial charge in [0.15, 0.2) is 6.04 Å². The van der Waals surface area contributed by atoms with Crippen LogP contribution < -0.4 is 10.6 Å². The van der Waals surface area contributed by atoms with E-state index in [1.165, 1.54) is 6.92 Å². The molecule has 0 aromatic heterocycles. The summed E-state index contributed by atoms with van der Waals surface area (Å²) in [7, 11) is 0. The molecule has 1 aromatic rings. The molecule has 0 heterocycles.